The highest BCUT2D eigenvalue weighted by Crippen LogP contribution is 2.49. The minimum Gasteiger partial charge on any atom is -0.311 e. The van der Waals surface area contributed by atoms with E-state index in [1.807, 2.05) is 11.3 Å². The second kappa shape index (κ2) is 13.1. The van der Waals surface area contributed by atoms with Gasteiger partial charge in [-0.15, -0.1) is 11.3 Å². The normalized spacial score (nSPS) is 13.4. The van der Waals surface area contributed by atoms with Crippen molar-refractivity contribution < 1.29 is 0 Å². The van der Waals surface area contributed by atoms with Crippen molar-refractivity contribution in [3.63, 3.8) is 0 Å². The predicted octanol–water partition coefficient (Wildman–Crippen LogP) is 13.2. The Bertz CT molecular complexity index is 2820. The largest absolute Gasteiger partial charge is 0.311 e. The first-order valence-electron chi connectivity index (χ1n) is 20.2. The van der Waals surface area contributed by atoms with Crippen molar-refractivity contribution in [2.24, 2.45) is 0 Å². The van der Waals surface area contributed by atoms with Gasteiger partial charge in [0, 0.05) is 43.3 Å². The number of thiophene rings is 1. The third-order valence-corrected chi connectivity index (χ3v) is 13.2. The number of anilines is 6. The van der Waals surface area contributed by atoms with E-state index < -0.39 is 0 Å². The molecule has 2 aliphatic heterocycles. The highest BCUT2D eigenvalue weighted by Gasteiger charge is 2.45. The van der Waals surface area contributed by atoms with Gasteiger partial charge in [0.2, 0.25) is 0 Å². The molecule has 3 heterocycles. The second-order valence-electron chi connectivity index (χ2n) is 17.9. The zero-order chi connectivity index (χ0) is 39.2. The van der Waals surface area contributed by atoms with E-state index in [2.05, 4.69) is 216 Å². The Balaban J connectivity index is 1.21. The molecule has 0 atom stereocenters. The number of hydrogen-bond donors (Lipinski definition) is 0. The average molecular weight is 755 g/mol. The predicted molar refractivity (Wildman–Crippen MR) is 249 cm³/mol. The number of benzene rings is 7. The highest BCUT2D eigenvalue weighted by molar-refractivity contribution is 7.33. The van der Waals surface area contributed by atoms with Crippen LogP contribution in [0.4, 0.5) is 34.1 Å². The number of aryl methyl sites for hydroxylation is 1. The van der Waals surface area contributed by atoms with E-state index >= 15 is 0 Å². The molecule has 7 aromatic carbocycles. The zero-order valence-electron chi connectivity index (χ0n) is 33.9. The van der Waals surface area contributed by atoms with E-state index in [4.69, 9.17) is 0 Å². The SMILES string of the molecule is Cc1cc2c3c(c1)N(c1cccc(-c4ccc(C(C)(C)C)cc4)c1)c1c(sc4ccccc14)B3c1ccc(-c3ccc(C(C)(C)C)cc3)cc1N2c1ccccc1. The van der Waals surface area contributed by atoms with Crippen LogP contribution in [0.25, 0.3) is 32.3 Å². The molecule has 0 radical (unpaired) electrons. The van der Waals surface area contributed by atoms with Crippen LogP contribution in [0.2, 0.25) is 0 Å². The molecule has 0 fully saturated rings. The Kier molecular flexibility index (Phi) is 8.18. The maximum Gasteiger partial charge on any atom is 0.264 e. The molecule has 57 heavy (non-hydrogen) atoms. The topological polar surface area (TPSA) is 6.48 Å². The first-order valence-corrected chi connectivity index (χ1v) is 21.0. The first kappa shape index (κ1) is 35.6. The molecule has 0 N–H and O–H groups in total. The summed E-state index contributed by atoms with van der Waals surface area (Å²) in [5.74, 6) is 0. The van der Waals surface area contributed by atoms with Gasteiger partial charge in [0.1, 0.15) is 0 Å². The molecule has 0 aliphatic carbocycles. The van der Waals surface area contributed by atoms with Gasteiger partial charge in [-0.05, 0) is 116 Å². The van der Waals surface area contributed by atoms with Crippen LogP contribution >= 0.6 is 11.3 Å². The minimum absolute atomic E-state index is 0.0830. The Morgan fingerprint density at radius 1 is 0.474 bits per heavy atom. The van der Waals surface area contributed by atoms with Crippen LogP contribution in [-0.4, -0.2) is 6.71 Å². The Morgan fingerprint density at radius 3 is 1.68 bits per heavy atom. The smallest absolute Gasteiger partial charge is 0.264 e. The van der Waals surface area contributed by atoms with E-state index in [0.717, 1.165) is 0 Å². The maximum absolute atomic E-state index is 2.57. The lowest BCUT2D eigenvalue weighted by atomic mass is 9.36. The molecule has 0 spiro atoms. The van der Waals surface area contributed by atoms with Gasteiger partial charge in [-0.3, -0.25) is 0 Å². The Labute approximate surface area is 342 Å². The quantitative estimate of drug-likeness (QED) is 0.165. The average Bonchev–Trinajstić information content (AvgIpc) is 3.59. The van der Waals surface area contributed by atoms with Crippen molar-refractivity contribution in [2.45, 2.75) is 59.3 Å². The van der Waals surface area contributed by atoms with Crippen LogP contribution in [0.1, 0.15) is 58.2 Å². The van der Waals surface area contributed by atoms with Gasteiger partial charge in [-0.1, -0.05) is 151 Å². The molecule has 4 heteroatoms. The lowest BCUT2D eigenvalue weighted by molar-refractivity contribution is 0.590. The first-order chi connectivity index (χ1) is 27.4. The van der Waals surface area contributed by atoms with Gasteiger partial charge in [-0.25, -0.2) is 0 Å². The second-order valence-corrected chi connectivity index (χ2v) is 19.0. The third-order valence-electron chi connectivity index (χ3n) is 12.0. The fourth-order valence-corrected chi connectivity index (χ4v) is 10.3. The van der Waals surface area contributed by atoms with Gasteiger partial charge in [0.05, 0.1) is 5.69 Å². The standard InChI is InChI=1S/C53H47BN2S/c1-34-30-46-49-47(31-34)56(42-17-13-14-37(32-42)35-20-25-39(26-21-35)52(2,3)4)50-43-18-11-12-19-48(43)57-51(50)54(49)44-29-24-38(36-22-27-40(28-23-36)53(5,6)7)33-45(44)55(46)41-15-9-8-10-16-41/h8-33H,1-7H3. The van der Waals surface area contributed by atoms with Crippen LogP contribution < -0.4 is 25.5 Å². The van der Waals surface area contributed by atoms with Crippen molar-refractivity contribution in [3.8, 4) is 22.3 Å². The van der Waals surface area contributed by atoms with Crippen molar-refractivity contribution >= 4 is 78.0 Å². The van der Waals surface area contributed by atoms with Crippen molar-refractivity contribution in [1.82, 2.24) is 0 Å². The summed E-state index contributed by atoms with van der Waals surface area (Å²) in [7, 11) is 0. The molecule has 0 saturated carbocycles. The third kappa shape index (κ3) is 5.92. The van der Waals surface area contributed by atoms with E-state index in [-0.39, 0.29) is 17.5 Å². The summed E-state index contributed by atoms with van der Waals surface area (Å²) in [4.78, 5) is 5.09. The minimum atomic E-state index is 0.0830. The molecule has 0 unspecified atom stereocenters. The monoisotopic (exact) mass is 754 g/mol. The highest BCUT2D eigenvalue weighted by atomic mass is 32.1. The number of rotatable bonds is 4. The molecule has 1 aromatic heterocycles. The van der Waals surface area contributed by atoms with Crippen molar-refractivity contribution in [1.29, 1.82) is 0 Å². The molecule has 0 bridgehead atoms. The van der Waals surface area contributed by atoms with Gasteiger partial charge >= 0.3 is 0 Å². The van der Waals surface area contributed by atoms with Gasteiger partial charge in [0.25, 0.3) is 6.71 Å². The van der Waals surface area contributed by atoms with E-state index in [1.165, 1.54) is 98.9 Å². The van der Waals surface area contributed by atoms with Crippen LogP contribution in [-0.2, 0) is 10.8 Å². The summed E-state index contributed by atoms with van der Waals surface area (Å²) in [5.41, 5.74) is 19.1. The van der Waals surface area contributed by atoms with Crippen LogP contribution in [0.5, 0.6) is 0 Å². The number of hydrogen-bond acceptors (Lipinski definition) is 3. The molecule has 278 valence electrons. The lowest BCUT2D eigenvalue weighted by Crippen LogP contribution is -2.60. The van der Waals surface area contributed by atoms with Crippen molar-refractivity contribution in [3.05, 3.63) is 174 Å². The summed E-state index contributed by atoms with van der Waals surface area (Å²) >= 11 is 1.95. The molecule has 2 nitrogen and oxygen atoms in total. The van der Waals surface area contributed by atoms with E-state index in [9.17, 15) is 0 Å². The number of fused-ring (bicyclic) bond motifs is 6. The Morgan fingerprint density at radius 2 is 1.04 bits per heavy atom. The Hall–Kier alpha value is -5.84. The zero-order valence-corrected chi connectivity index (χ0v) is 34.7. The lowest BCUT2D eigenvalue weighted by Gasteiger charge is -2.43. The molecular weight excluding hydrogens is 707 g/mol. The summed E-state index contributed by atoms with van der Waals surface area (Å²) in [6.45, 7) is 16.0. The maximum atomic E-state index is 2.57. The van der Waals surface area contributed by atoms with Crippen LogP contribution in [0.3, 0.4) is 0 Å². The molecule has 8 aromatic rings. The summed E-state index contributed by atoms with van der Waals surface area (Å²) in [6, 6.07) is 59.5. The molecular formula is C53H47BN2S. The molecule has 2 aliphatic rings. The molecule has 0 saturated heterocycles. The molecule has 0 amide bonds. The number of nitrogens with zero attached hydrogens (tertiary/aromatic N) is 2. The van der Waals surface area contributed by atoms with Gasteiger partial charge in [-0.2, -0.15) is 0 Å². The fourth-order valence-electron chi connectivity index (χ4n) is 9.01. The van der Waals surface area contributed by atoms with Crippen LogP contribution in [0, 0.1) is 6.92 Å². The van der Waals surface area contributed by atoms with E-state index in [1.54, 1.807) is 0 Å². The number of para-hydroxylation sites is 1. The summed E-state index contributed by atoms with van der Waals surface area (Å²) in [5, 5.41) is 1.30. The van der Waals surface area contributed by atoms with Gasteiger partial charge in [0.15, 0.2) is 0 Å². The summed E-state index contributed by atoms with van der Waals surface area (Å²) in [6.07, 6.45) is 0. The van der Waals surface area contributed by atoms with Crippen molar-refractivity contribution in [2.75, 3.05) is 9.80 Å². The molecule has 10 rings (SSSR count). The fraction of sp³-hybridized carbons (Fsp3) is 0.170. The van der Waals surface area contributed by atoms with Crippen LogP contribution in [0.15, 0.2) is 158 Å². The van der Waals surface area contributed by atoms with Gasteiger partial charge < -0.3 is 9.80 Å². The van der Waals surface area contributed by atoms with E-state index in [0.29, 0.717) is 0 Å². The summed E-state index contributed by atoms with van der Waals surface area (Å²) < 4.78 is 2.71.